The quantitative estimate of drug-likeness (QED) is 0.220. The minimum atomic E-state index is -1.29. The van der Waals surface area contributed by atoms with Gasteiger partial charge in [0.2, 0.25) is 5.91 Å². The lowest BCUT2D eigenvalue weighted by Crippen LogP contribution is -2.50. The molecule has 5 N–H and O–H groups in total. The van der Waals surface area contributed by atoms with Crippen LogP contribution < -0.4 is 5.32 Å². The number of nitrogens with one attached hydrogen (secondary N) is 1. The highest BCUT2D eigenvalue weighted by atomic mass is 16.4. The number of carbonyl (C=O) groups excluding carboxylic acids is 1. The second-order valence-electron chi connectivity index (χ2n) is 6.90. The molecule has 12 nitrogen and oxygen atoms in total. The molecule has 0 aliphatic heterocycles. The number of rotatable bonds is 15. The van der Waals surface area contributed by atoms with Gasteiger partial charge in [0.1, 0.15) is 0 Å². The number of benzene rings is 1. The second-order valence-corrected chi connectivity index (χ2v) is 6.90. The Morgan fingerprint density at radius 2 is 1.31 bits per heavy atom. The van der Waals surface area contributed by atoms with Crippen molar-refractivity contribution >= 4 is 35.5 Å². The van der Waals surface area contributed by atoms with Gasteiger partial charge in [-0.3, -0.25) is 33.8 Å². The molecule has 0 saturated carbocycles. The first-order valence-electron chi connectivity index (χ1n) is 9.36. The molecule has 1 rings (SSSR count). The minimum Gasteiger partial charge on any atom is -0.480 e. The van der Waals surface area contributed by atoms with E-state index in [1.54, 1.807) is 24.3 Å². The van der Waals surface area contributed by atoms with Crippen LogP contribution in [0.5, 0.6) is 0 Å². The van der Waals surface area contributed by atoms with E-state index in [0.29, 0.717) is 11.3 Å². The summed E-state index contributed by atoms with van der Waals surface area (Å²) in [5.41, 5.74) is 1.11. The zero-order valence-corrected chi connectivity index (χ0v) is 17.1. The van der Waals surface area contributed by atoms with Gasteiger partial charge >= 0.3 is 23.9 Å². The molecule has 32 heavy (non-hydrogen) atoms. The van der Waals surface area contributed by atoms with E-state index in [9.17, 15) is 34.2 Å². The maximum atomic E-state index is 11.4. The average molecular weight is 451 g/mol. The van der Waals surface area contributed by atoms with Crippen molar-refractivity contribution in [2.45, 2.75) is 12.5 Å². The van der Waals surface area contributed by atoms with Crippen molar-refractivity contribution in [1.29, 1.82) is 0 Å². The second kappa shape index (κ2) is 12.8. The van der Waals surface area contributed by atoms with Gasteiger partial charge in [-0.05, 0) is 30.2 Å². The van der Waals surface area contributed by atoms with Gasteiger partial charge in [0, 0.05) is 18.3 Å². The van der Waals surface area contributed by atoms with Gasteiger partial charge in [-0.15, -0.1) is 0 Å². The summed E-state index contributed by atoms with van der Waals surface area (Å²) in [7, 11) is 0. The van der Waals surface area contributed by atoms with E-state index >= 15 is 0 Å². The molecule has 0 fully saturated rings. The molecule has 0 aliphatic carbocycles. The topological polar surface area (TPSA) is 185 Å². The summed E-state index contributed by atoms with van der Waals surface area (Å²) >= 11 is 0. The zero-order chi connectivity index (χ0) is 24.3. The normalized spacial score (nSPS) is 11.7. The minimum absolute atomic E-state index is 0.103. The maximum absolute atomic E-state index is 11.4. The van der Waals surface area contributed by atoms with Crippen molar-refractivity contribution in [2.75, 3.05) is 38.0 Å². The summed E-state index contributed by atoms with van der Waals surface area (Å²) in [5, 5.41) is 39.1. The van der Waals surface area contributed by atoms with Gasteiger partial charge in [0.05, 0.1) is 26.2 Å². The van der Waals surface area contributed by atoms with Crippen LogP contribution >= 0.6 is 0 Å². The Labute approximate surface area is 183 Å². The molecule has 0 bridgehead atoms. The standard InChI is InChI=1S/C20H25N3O9/c1-2-16(24)21-14-5-3-13(4-6-14)7-15(23(11-19(29)30)12-20(31)32)8-22(9-17(25)26)10-18(27)28/h2-6,15H,1,7-12H2,(H,21,24)(H,25,26)(H,27,28)(H,29,30)(H,31,32). The van der Waals surface area contributed by atoms with Crippen LogP contribution in [0.1, 0.15) is 5.56 Å². The monoisotopic (exact) mass is 451 g/mol. The van der Waals surface area contributed by atoms with Gasteiger partial charge in [0.25, 0.3) is 0 Å². The summed E-state index contributed by atoms with van der Waals surface area (Å²) in [6.07, 6.45) is 1.20. The number of carbonyl (C=O) groups is 5. The van der Waals surface area contributed by atoms with Crippen molar-refractivity contribution in [2.24, 2.45) is 0 Å². The Morgan fingerprint density at radius 3 is 1.72 bits per heavy atom. The van der Waals surface area contributed by atoms with E-state index in [1.807, 2.05) is 0 Å². The van der Waals surface area contributed by atoms with Crippen molar-refractivity contribution in [3.8, 4) is 0 Å². The highest BCUT2D eigenvalue weighted by Crippen LogP contribution is 2.15. The van der Waals surface area contributed by atoms with Gasteiger partial charge in [-0.1, -0.05) is 18.7 Å². The first-order chi connectivity index (χ1) is 15.0. The van der Waals surface area contributed by atoms with E-state index in [4.69, 9.17) is 10.2 Å². The van der Waals surface area contributed by atoms with Crippen LogP contribution in [0.25, 0.3) is 0 Å². The van der Waals surface area contributed by atoms with Gasteiger partial charge in [-0.2, -0.15) is 0 Å². The lowest BCUT2D eigenvalue weighted by atomic mass is 10.0. The van der Waals surface area contributed by atoms with Crippen LogP contribution in [0.4, 0.5) is 5.69 Å². The van der Waals surface area contributed by atoms with Gasteiger partial charge < -0.3 is 25.7 Å². The fraction of sp³-hybridized carbons (Fsp3) is 0.350. The number of nitrogens with zero attached hydrogens (tertiary/aromatic N) is 2. The van der Waals surface area contributed by atoms with E-state index in [-0.39, 0.29) is 13.0 Å². The summed E-state index contributed by atoms with van der Waals surface area (Å²) in [6, 6.07) is 5.60. The fourth-order valence-corrected chi connectivity index (χ4v) is 3.03. The SMILES string of the molecule is C=CC(=O)Nc1ccc(CC(CN(CC(=O)O)CC(=O)O)N(CC(=O)O)CC(=O)O)cc1. The van der Waals surface area contributed by atoms with Crippen LogP contribution in [-0.2, 0) is 30.4 Å². The van der Waals surface area contributed by atoms with Crippen LogP contribution in [-0.4, -0.2) is 98.8 Å². The van der Waals surface area contributed by atoms with Crippen LogP contribution in [0.2, 0.25) is 0 Å². The lowest BCUT2D eigenvalue weighted by Gasteiger charge is -2.33. The van der Waals surface area contributed by atoms with Gasteiger partial charge in [0.15, 0.2) is 0 Å². The van der Waals surface area contributed by atoms with Crippen molar-refractivity contribution < 1.29 is 44.4 Å². The lowest BCUT2D eigenvalue weighted by molar-refractivity contribution is -0.146. The molecule has 1 atom stereocenters. The Bertz CT molecular complexity index is 822. The predicted octanol–water partition coefficient (Wildman–Crippen LogP) is -0.335. The van der Waals surface area contributed by atoms with E-state index < -0.39 is 62.0 Å². The Hall–Kier alpha value is -3.77. The molecule has 0 aliphatic rings. The summed E-state index contributed by atoms with van der Waals surface area (Å²) in [6.45, 7) is 0.622. The third-order valence-electron chi connectivity index (χ3n) is 4.26. The Kier molecular flexibility index (Phi) is 10.5. The molecular weight excluding hydrogens is 426 g/mol. The molecule has 1 aromatic rings. The highest BCUT2D eigenvalue weighted by Gasteiger charge is 2.27. The van der Waals surface area contributed by atoms with E-state index in [1.165, 1.54) is 0 Å². The number of anilines is 1. The molecule has 0 aromatic heterocycles. The smallest absolute Gasteiger partial charge is 0.317 e. The molecule has 12 heteroatoms. The van der Waals surface area contributed by atoms with E-state index in [0.717, 1.165) is 15.9 Å². The molecule has 0 spiro atoms. The zero-order valence-electron chi connectivity index (χ0n) is 17.1. The number of carboxylic acid groups (broad SMARTS) is 4. The van der Waals surface area contributed by atoms with Crippen LogP contribution in [0.3, 0.4) is 0 Å². The van der Waals surface area contributed by atoms with Crippen LogP contribution in [0.15, 0.2) is 36.9 Å². The van der Waals surface area contributed by atoms with Crippen molar-refractivity contribution in [1.82, 2.24) is 9.80 Å². The Morgan fingerprint density at radius 1 is 0.844 bits per heavy atom. The molecule has 1 amide bonds. The number of amides is 1. The molecule has 0 heterocycles. The average Bonchev–Trinajstić information content (AvgIpc) is 2.66. The molecule has 0 saturated heterocycles. The largest absolute Gasteiger partial charge is 0.480 e. The molecule has 174 valence electrons. The number of aliphatic carboxylic acids is 4. The third-order valence-corrected chi connectivity index (χ3v) is 4.26. The van der Waals surface area contributed by atoms with Crippen LogP contribution in [0, 0.1) is 0 Å². The predicted molar refractivity (Wildman–Crippen MR) is 111 cm³/mol. The summed E-state index contributed by atoms with van der Waals surface area (Å²) in [4.78, 5) is 58.4. The molecule has 0 radical (unpaired) electrons. The van der Waals surface area contributed by atoms with E-state index in [2.05, 4.69) is 11.9 Å². The first-order valence-corrected chi connectivity index (χ1v) is 9.36. The third kappa shape index (κ3) is 10.3. The highest BCUT2D eigenvalue weighted by molar-refractivity contribution is 5.98. The molecule has 1 aromatic carbocycles. The van der Waals surface area contributed by atoms with Gasteiger partial charge in [-0.25, -0.2) is 0 Å². The number of hydrogen-bond acceptors (Lipinski definition) is 7. The van der Waals surface area contributed by atoms with Crippen molar-refractivity contribution in [3.63, 3.8) is 0 Å². The Balaban J connectivity index is 3.18. The number of carboxylic acids is 4. The summed E-state index contributed by atoms with van der Waals surface area (Å²) < 4.78 is 0. The molecule has 1 unspecified atom stereocenters. The summed E-state index contributed by atoms with van der Waals surface area (Å²) in [5.74, 6) is -5.56. The maximum Gasteiger partial charge on any atom is 0.317 e. The fourth-order valence-electron chi connectivity index (χ4n) is 3.03. The number of hydrogen-bond donors (Lipinski definition) is 5. The van der Waals surface area contributed by atoms with Crippen molar-refractivity contribution in [3.05, 3.63) is 42.5 Å². The molecular formula is C20H25N3O9. The first kappa shape index (κ1) is 26.3.